The molecule has 0 heterocycles. The summed E-state index contributed by atoms with van der Waals surface area (Å²) in [6, 6.07) is 15.4. The van der Waals surface area contributed by atoms with Crippen LogP contribution < -0.4 is 10.1 Å². The smallest absolute Gasteiger partial charge is 0.119 e. The summed E-state index contributed by atoms with van der Waals surface area (Å²) in [4.78, 5) is 0. The van der Waals surface area contributed by atoms with Crippen LogP contribution in [0.5, 0.6) is 5.75 Å². The summed E-state index contributed by atoms with van der Waals surface area (Å²) in [6.45, 7) is 7.03. The van der Waals surface area contributed by atoms with Gasteiger partial charge in [-0.05, 0) is 68.6 Å². The van der Waals surface area contributed by atoms with E-state index in [0.717, 1.165) is 12.2 Å². The normalized spacial score (nSPS) is 12.2. The van der Waals surface area contributed by atoms with Crippen molar-refractivity contribution in [1.82, 2.24) is 5.32 Å². The zero-order chi connectivity index (χ0) is 15.2. The van der Waals surface area contributed by atoms with Gasteiger partial charge in [0.2, 0.25) is 0 Å². The summed E-state index contributed by atoms with van der Waals surface area (Å²) in [5.74, 6) is 0.940. The van der Waals surface area contributed by atoms with Crippen LogP contribution in [-0.2, 0) is 6.42 Å². The van der Waals surface area contributed by atoms with Gasteiger partial charge in [-0.1, -0.05) is 30.3 Å². The van der Waals surface area contributed by atoms with E-state index in [0.29, 0.717) is 12.6 Å². The minimum absolute atomic E-state index is 0.299. The van der Waals surface area contributed by atoms with Crippen LogP contribution in [0.4, 0.5) is 0 Å². The molecule has 2 aromatic carbocycles. The summed E-state index contributed by atoms with van der Waals surface area (Å²) < 4.78 is 5.60. The largest absolute Gasteiger partial charge is 0.494 e. The third-order valence-electron chi connectivity index (χ3n) is 3.93. The van der Waals surface area contributed by atoms with Gasteiger partial charge in [0.25, 0.3) is 0 Å². The van der Waals surface area contributed by atoms with Gasteiger partial charge in [0.1, 0.15) is 5.75 Å². The van der Waals surface area contributed by atoms with Crippen molar-refractivity contribution in [2.45, 2.75) is 33.2 Å². The summed E-state index contributed by atoms with van der Waals surface area (Å²) in [6.07, 6.45) is 0.979. The molecular weight excluding hydrogens is 258 g/mol. The second-order valence-corrected chi connectivity index (χ2v) is 5.47. The van der Waals surface area contributed by atoms with Crippen molar-refractivity contribution in [2.24, 2.45) is 0 Å². The first kappa shape index (κ1) is 15.6. The van der Waals surface area contributed by atoms with Crippen molar-refractivity contribution in [2.75, 3.05) is 13.7 Å². The Morgan fingerprint density at radius 3 is 2.52 bits per heavy atom. The Morgan fingerprint density at radius 2 is 1.86 bits per heavy atom. The molecule has 0 amide bonds. The molecule has 1 atom stereocenters. The zero-order valence-corrected chi connectivity index (χ0v) is 13.4. The third kappa shape index (κ3) is 4.08. The highest BCUT2D eigenvalue weighted by Crippen LogP contribution is 2.23. The molecule has 0 radical (unpaired) electrons. The van der Waals surface area contributed by atoms with E-state index in [4.69, 9.17) is 4.74 Å². The van der Waals surface area contributed by atoms with Crippen molar-refractivity contribution >= 4 is 0 Å². The zero-order valence-electron chi connectivity index (χ0n) is 13.4. The molecule has 112 valence electrons. The van der Waals surface area contributed by atoms with E-state index in [1.165, 1.54) is 22.3 Å². The molecule has 1 N–H and O–H groups in total. The molecule has 2 rings (SSSR count). The Kier molecular flexibility index (Phi) is 5.40. The highest BCUT2D eigenvalue weighted by Gasteiger charge is 2.11. The number of hydrogen-bond acceptors (Lipinski definition) is 2. The topological polar surface area (TPSA) is 21.3 Å². The third-order valence-corrected chi connectivity index (χ3v) is 3.93. The maximum Gasteiger partial charge on any atom is 0.119 e. The first-order chi connectivity index (χ1) is 10.1. The fourth-order valence-corrected chi connectivity index (χ4v) is 2.54. The highest BCUT2D eigenvalue weighted by atomic mass is 16.5. The van der Waals surface area contributed by atoms with Crippen LogP contribution in [0.15, 0.2) is 42.5 Å². The molecule has 0 aliphatic carbocycles. The summed E-state index contributed by atoms with van der Waals surface area (Å²) >= 11 is 0. The number of aryl methyl sites for hydroxylation is 2. The lowest BCUT2D eigenvalue weighted by Crippen LogP contribution is -2.19. The first-order valence-electron chi connectivity index (χ1n) is 7.60. The van der Waals surface area contributed by atoms with Crippen molar-refractivity contribution in [3.8, 4) is 5.75 Å². The Labute approximate surface area is 128 Å². The van der Waals surface area contributed by atoms with E-state index in [2.05, 4.69) is 55.6 Å². The molecule has 2 nitrogen and oxygen atoms in total. The minimum atomic E-state index is 0.299. The maximum atomic E-state index is 5.60. The molecule has 0 aliphatic rings. The Hall–Kier alpha value is -1.80. The molecule has 21 heavy (non-hydrogen) atoms. The van der Waals surface area contributed by atoms with E-state index >= 15 is 0 Å². The number of hydrogen-bond donors (Lipinski definition) is 1. The average Bonchev–Trinajstić information content (AvgIpc) is 2.49. The van der Waals surface area contributed by atoms with Gasteiger partial charge in [0.05, 0.1) is 6.61 Å². The lowest BCUT2D eigenvalue weighted by Gasteiger charge is -2.18. The van der Waals surface area contributed by atoms with Crippen molar-refractivity contribution in [3.63, 3.8) is 0 Å². The number of benzene rings is 2. The molecule has 1 unspecified atom stereocenters. The number of ether oxygens (including phenoxy) is 1. The van der Waals surface area contributed by atoms with Crippen LogP contribution in [0.1, 0.15) is 35.2 Å². The SMILES string of the molecule is CCOc1cccc(C(Cc2ccc(C)c(C)c2)NC)c1. The van der Waals surface area contributed by atoms with Gasteiger partial charge in [-0.3, -0.25) is 0 Å². The highest BCUT2D eigenvalue weighted by molar-refractivity contribution is 5.34. The number of rotatable bonds is 6. The predicted molar refractivity (Wildman–Crippen MR) is 89.0 cm³/mol. The van der Waals surface area contributed by atoms with Crippen LogP contribution in [0.3, 0.4) is 0 Å². The van der Waals surface area contributed by atoms with Crippen molar-refractivity contribution in [1.29, 1.82) is 0 Å². The van der Waals surface area contributed by atoms with E-state index < -0.39 is 0 Å². The van der Waals surface area contributed by atoms with Crippen LogP contribution in [0.2, 0.25) is 0 Å². The molecule has 0 bridgehead atoms. The number of nitrogens with one attached hydrogen (secondary N) is 1. The second-order valence-electron chi connectivity index (χ2n) is 5.47. The van der Waals surface area contributed by atoms with Crippen LogP contribution >= 0.6 is 0 Å². The van der Waals surface area contributed by atoms with Gasteiger partial charge in [-0.25, -0.2) is 0 Å². The minimum Gasteiger partial charge on any atom is -0.494 e. The standard InChI is InChI=1S/C19H25NO/c1-5-21-18-8-6-7-17(13-18)19(20-4)12-16-10-9-14(2)15(3)11-16/h6-11,13,19-20H,5,12H2,1-4H3. The van der Waals surface area contributed by atoms with Gasteiger partial charge in [-0.2, -0.15) is 0 Å². The average molecular weight is 283 g/mol. The molecule has 0 aliphatic heterocycles. The Morgan fingerprint density at radius 1 is 1.05 bits per heavy atom. The summed E-state index contributed by atoms with van der Waals surface area (Å²) in [7, 11) is 2.01. The van der Waals surface area contributed by atoms with E-state index in [1.54, 1.807) is 0 Å². The summed E-state index contributed by atoms with van der Waals surface area (Å²) in [5.41, 5.74) is 5.32. The first-order valence-corrected chi connectivity index (χ1v) is 7.60. The molecule has 0 fully saturated rings. The lowest BCUT2D eigenvalue weighted by atomic mass is 9.96. The second kappa shape index (κ2) is 7.28. The summed E-state index contributed by atoms with van der Waals surface area (Å²) in [5, 5.41) is 3.41. The molecule has 0 aromatic heterocycles. The molecular formula is C19H25NO. The van der Waals surface area contributed by atoms with Crippen LogP contribution in [-0.4, -0.2) is 13.7 Å². The van der Waals surface area contributed by atoms with E-state index in [1.807, 2.05) is 20.0 Å². The van der Waals surface area contributed by atoms with Crippen molar-refractivity contribution < 1.29 is 4.74 Å². The fourth-order valence-electron chi connectivity index (χ4n) is 2.54. The quantitative estimate of drug-likeness (QED) is 0.857. The van der Waals surface area contributed by atoms with Gasteiger partial charge in [0, 0.05) is 6.04 Å². The van der Waals surface area contributed by atoms with Crippen LogP contribution in [0.25, 0.3) is 0 Å². The van der Waals surface area contributed by atoms with E-state index in [-0.39, 0.29) is 0 Å². The van der Waals surface area contributed by atoms with Crippen LogP contribution in [0, 0.1) is 13.8 Å². The fraction of sp³-hybridized carbons (Fsp3) is 0.368. The Balaban J connectivity index is 2.19. The molecule has 0 saturated heterocycles. The monoisotopic (exact) mass is 283 g/mol. The van der Waals surface area contributed by atoms with Gasteiger partial charge >= 0.3 is 0 Å². The molecule has 0 saturated carbocycles. The Bertz CT molecular complexity index is 592. The number of likely N-dealkylation sites (N-methyl/N-ethyl adjacent to an activating group) is 1. The van der Waals surface area contributed by atoms with Gasteiger partial charge in [-0.15, -0.1) is 0 Å². The molecule has 0 spiro atoms. The van der Waals surface area contributed by atoms with Gasteiger partial charge in [0.15, 0.2) is 0 Å². The lowest BCUT2D eigenvalue weighted by molar-refractivity contribution is 0.339. The molecule has 2 aromatic rings. The predicted octanol–water partition coefficient (Wildman–Crippen LogP) is 4.21. The van der Waals surface area contributed by atoms with Crippen molar-refractivity contribution in [3.05, 3.63) is 64.7 Å². The maximum absolute atomic E-state index is 5.60. The van der Waals surface area contributed by atoms with Gasteiger partial charge < -0.3 is 10.1 Å². The molecule has 2 heteroatoms. The van der Waals surface area contributed by atoms with E-state index in [9.17, 15) is 0 Å².